The van der Waals surface area contributed by atoms with Crippen LogP contribution in [0.5, 0.6) is 0 Å². The summed E-state index contributed by atoms with van der Waals surface area (Å²) in [6.45, 7) is 1.82. The lowest BCUT2D eigenvalue weighted by Gasteiger charge is -2.14. The Bertz CT molecular complexity index is 265. The van der Waals surface area contributed by atoms with Crippen LogP contribution in [0.3, 0.4) is 0 Å². The molecule has 1 rings (SSSR count). The molecule has 1 aromatic heterocycles. The van der Waals surface area contributed by atoms with E-state index in [4.69, 9.17) is 0 Å². The number of rotatable bonds is 4. The molecule has 1 aromatic rings. The summed E-state index contributed by atoms with van der Waals surface area (Å²) < 4.78 is 39.3. The van der Waals surface area contributed by atoms with Crippen LogP contribution in [0.1, 0.15) is 19.0 Å². The van der Waals surface area contributed by atoms with Gasteiger partial charge in [0.2, 0.25) is 0 Å². The van der Waals surface area contributed by atoms with Crippen molar-refractivity contribution >= 4 is 23.9 Å². The molecule has 0 fully saturated rings. The van der Waals surface area contributed by atoms with Crippen molar-refractivity contribution in [3.05, 3.63) is 11.1 Å². The maximum absolute atomic E-state index is 11.9. The molecule has 0 bridgehead atoms. The zero-order valence-electron chi connectivity index (χ0n) is 7.91. The summed E-state index contributed by atoms with van der Waals surface area (Å²) in [5, 5.41) is 8.14. The van der Waals surface area contributed by atoms with Gasteiger partial charge in [-0.25, -0.2) is 0 Å². The molecule has 0 aliphatic rings. The van der Waals surface area contributed by atoms with E-state index < -0.39 is 18.6 Å². The van der Waals surface area contributed by atoms with Crippen molar-refractivity contribution in [2.24, 2.45) is 0 Å². The minimum atomic E-state index is -4.12. The number of hydrogen-bond acceptors (Lipinski definition) is 4. The van der Waals surface area contributed by atoms with Crippen LogP contribution in [-0.4, -0.2) is 21.8 Å². The van der Waals surface area contributed by atoms with Crippen LogP contribution >= 0.6 is 23.9 Å². The Kier molecular flexibility index (Phi) is 6.07. The zero-order chi connectivity index (χ0) is 10.6. The third-order valence-electron chi connectivity index (χ3n) is 1.57. The van der Waals surface area contributed by atoms with Crippen LogP contribution in [0.4, 0.5) is 13.2 Å². The van der Waals surface area contributed by atoms with Gasteiger partial charge in [0.25, 0.3) is 0 Å². The Balaban J connectivity index is 0.00000196. The monoisotopic (exact) mass is 261 g/mol. The molecule has 3 nitrogen and oxygen atoms in total. The van der Waals surface area contributed by atoms with E-state index in [-0.39, 0.29) is 12.4 Å². The lowest BCUT2D eigenvalue weighted by atomic mass is 10.2. The van der Waals surface area contributed by atoms with Gasteiger partial charge in [-0.3, -0.25) is 0 Å². The van der Waals surface area contributed by atoms with Gasteiger partial charge < -0.3 is 5.32 Å². The SMILES string of the molecule is CC(CC(F)(F)F)NCc1csnn1.Cl. The molecule has 1 heterocycles. The van der Waals surface area contributed by atoms with Gasteiger partial charge >= 0.3 is 6.18 Å². The Morgan fingerprint density at radius 2 is 2.20 bits per heavy atom. The van der Waals surface area contributed by atoms with Crippen LogP contribution in [0.15, 0.2) is 5.38 Å². The quantitative estimate of drug-likeness (QED) is 0.904. The van der Waals surface area contributed by atoms with Crippen LogP contribution in [0.25, 0.3) is 0 Å². The van der Waals surface area contributed by atoms with E-state index in [0.717, 1.165) is 0 Å². The van der Waals surface area contributed by atoms with Gasteiger partial charge in [-0.1, -0.05) is 4.49 Å². The highest BCUT2D eigenvalue weighted by Crippen LogP contribution is 2.21. The minimum absolute atomic E-state index is 0. The molecule has 0 saturated heterocycles. The van der Waals surface area contributed by atoms with E-state index in [1.165, 1.54) is 18.5 Å². The molecule has 88 valence electrons. The number of hydrogen-bond donors (Lipinski definition) is 1. The molecule has 0 aromatic carbocycles. The van der Waals surface area contributed by atoms with Gasteiger partial charge in [-0.05, 0) is 18.5 Å². The lowest BCUT2D eigenvalue weighted by molar-refractivity contribution is -0.139. The van der Waals surface area contributed by atoms with Crippen molar-refractivity contribution in [2.45, 2.75) is 32.1 Å². The summed E-state index contributed by atoms with van der Waals surface area (Å²) in [6, 6.07) is -0.600. The highest BCUT2D eigenvalue weighted by atomic mass is 35.5. The highest BCUT2D eigenvalue weighted by molar-refractivity contribution is 7.03. The third-order valence-corrected chi connectivity index (χ3v) is 2.13. The minimum Gasteiger partial charge on any atom is -0.308 e. The Morgan fingerprint density at radius 3 is 2.67 bits per heavy atom. The molecule has 1 atom stereocenters. The van der Waals surface area contributed by atoms with Gasteiger partial charge in [0.15, 0.2) is 0 Å². The van der Waals surface area contributed by atoms with Gasteiger partial charge in [0.05, 0.1) is 12.1 Å². The van der Waals surface area contributed by atoms with Crippen molar-refractivity contribution in [3.8, 4) is 0 Å². The number of nitrogens with zero attached hydrogens (tertiary/aromatic N) is 2. The van der Waals surface area contributed by atoms with Crippen molar-refractivity contribution in [1.82, 2.24) is 14.9 Å². The van der Waals surface area contributed by atoms with Crippen LogP contribution in [-0.2, 0) is 6.54 Å². The Morgan fingerprint density at radius 1 is 1.53 bits per heavy atom. The molecular formula is C7H11ClF3N3S. The van der Waals surface area contributed by atoms with E-state index in [1.54, 1.807) is 5.38 Å². The second-order valence-corrected chi connectivity index (χ2v) is 3.61. The van der Waals surface area contributed by atoms with Crippen LogP contribution < -0.4 is 5.32 Å². The average Bonchev–Trinajstić information content (AvgIpc) is 2.49. The maximum Gasteiger partial charge on any atom is 0.390 e. The molecular weight excluding hydrogens is 251 g/mol. The second kappa shape index (κ2) is 6.24. The van der Waals surface area contributed by atoms with E-state index in [2.05, 4.69) is 14.9 Å². The number of alkyl halides is 3. The van der Waals surface area contributed by atoms with E-state index in [9.17, 15) is 13.2 Å². The third kappa shape index (κ3) is 6.64. The van der Waals surface area contributed by atoms with Crippen molar-refractivity contribution in [3.63, 3.8) is 0 Å². The Hall–Kier alpha value is -0.400. The molecule has 0 spiro atoms. The number of aromatic nitrogens is 2. The number of halogens is 4. The van der Waals surface area contributed by atoms with Gasteiger partial charge in [0, 0.05) is 18.0 Å². The first kappa shape index (κ1) is 14.6. The van der Waals surface area contributed by atoms with Crippen molar-refractivity contribution in [2.75, 3.05) is 0 Å². The van der Waals surface area contributed by atoms with Gasteiger partial charge in [-0.2, -0.15) is 13.2 Å². The van der Waals surface area contributed by atoms with Gasteiger partial charge in [-0.15, -0.1) is 17.5 Å². The lowest BCUT2D eigenvalue weighted by Crippen LogP contribution is -2.30. The largest absolute Gasteiger partial charge is 0.390 e. The number of nitrogens with one attached hydrogen (secondary N) is 1. The Labute approximate surface area is 95.6 Å². The van der Waals surface area contributed by atoms with E-state index in [1.807, 2.05) is 0 Å². The molecule has 0 aliphatic heterocycles. The molecule has 0 saturated carbocycles. The smallest absolute Gasteiger partial charge is 0.308 e. The van der Waals surface area contributed by atoms with Crippen LogP contribution in [0, 0.1) is 0 Å². The normalized spacial score (nSPS) is 13.3. The molecule has 15 heavy (non-hydrogen) atoms. The fourth-order valence-electron chi connectivity index (χ4n) is 0.959. The van der Waals surface area contributed by atoms with Gasteiger partial charge in [0.1, 0.15) is 0 Å². The average molecular weight is 262 g/mol. The predicted molar refractivity (Wildman–Crippen MR) is 54.1 cm³/mol. The summed E-state index contributed by atoms with van der Waals surface area (Å²) in [5.74, 6) is 0. The molecule has 1 unspecified atom stereocenters. The molecule has 0 radical (unpaired) electrons. The maximum atomic E-state index is 11.9. The summed E-state index contributed by atoms with van der Waals surface area (Å²) >= 11 is 1.18. The fraction of sp³-hybridized carbons (Fsp3) is 0.714. The first-order valence-electron chi connectivity index (χ1n) is 4.03. The fourth-order valence-corrected chi connectivity index (χ4v) is 1.41. The second-order valence-electron chi connectivity index (χ2n) is 3.00. The first-order valence-corrected chi connectivity index (χ1v) is 4.87. The zero-order valence-corrected chi connectivity index (χ0v) is 9.55. The van der Waals surface area contributed by atoms with Crippen LogP contribution in [0.2, 0.25) is 0 Å². The molecule has 0 aliphatic carbocycles. The summed E-state index contributed by atoms with van der Waals surface area (Å²) in [7, 11) is 0. The summed E-state index contributed by atoms with van der Waals surface area (Å²) in [5.41, 5.74) is 0.670. The molecule has 1 N–H and O–H groups in total. The molecule has 0 amide bonds. The van der Waals surface area contributed by atoms with Crippen molar-refractivity contribution in [1.29, 1.82) is 0 Å². The van der Waals surface area contributed by atoms with E-state index >= 15 is 0 Å². The van der Waals surface area contributed by atoms with Crippen molar-refractivity contribution < 1.29 is 13.2 Å². The predicted octanol–water partition coefficient (Wildman–Crippen LogP) is 2.39. The first-order chi connectivity index (χ1) is 6.47. The highest BCUT2D eigenvalue weighted by Gasteiger charge is 2.29. The summed E-state index contributed by atoms with van der Waals surface area (Å²) in [6.07, 6.45) is -4.95. The standard InChI is InChI=1S/C7H10F3N3S.ClH/c1-5(2-7(8,9)10)11-3-6-4-14-13-12-6;/h4-5,11H,2-3H2,1H3;1H. The topological polar surface area (TPSA) is 37.8 Å². The molecule has 8 heteroatoms. The summed E-state index contributed by atoms with van der Waals surface area (Å²) in [4.78, 5) is 0. The van der Waals surface area contributed by atoms with E-state index in [0.29, 0.717) is 12.2 Å².